The SMILES string of the molecule is CC(=O)NC1CCN(C(=O)c2sc(N3CCC(N4CCc5ccccc5NC4=O)CC3)nc2C)CC1. The smallest absolute Gasteiger partial charge is 0.322 e. The first-order valence-corrected chi connectivity index (χ1v) is 13.6. The molecule has 9 nitrogen and oxygen atoms in total. The van der Waals surface area contributed by atoms with Crippen molar-refractivity contribution in [1.29, 1.82) is 0 Å². The number of benzene rings is 1. The van der Waals surface area contributed by atoms with Gasteiger partial charge in [0.15, 0.2) is 5.13 Å². The molecule has 2 fully saturated rings. The number of hydrogen-bond donors (Lipinski definition) is 2. The molecule has 0 radical (unpaired) electrons. The van der Waals surface area contributed by atoms with Crippen molar-refractivity contribution in [1.82, 2.24) is 20.1 Å². The molecule has 0 unspecified atom stereocenters. The van der Waals surface area contributed by atoms with Gasteiger partial charge in [0.25, 0.3) is 5.91 Å². The third kappa shape index (κ3) is 5.18. The zero-order valence-electron chi connectivity index (χ0n) is 21.0. The molecule has 1 aromatic carbocycles. The number of anilines is 2. The topological polar surface area (TPSA) is 97.9 Å². The van der Waals surface area contributed by atoms with Gasteiger partial charge in [-0.15, -0.1) is 0 Å². The summed E-state index contributed by atoms with van der Waals surface area (Å²) in [7, 11) is 0. The van der Waals surface area contributed by atoms with Crippen LogP contribution in [0, 0.1) is 6.92 Å². The number of carbonyl (C=O) groups is 3. The van der Waals surface area contributed by atoms with E-state index in [0.29, 0.717) is 18.0 Å². The third-order valence-electron chi connectivity index (χ3n) is 7.49. The number of urea groups is 1. The molecule has 2 N–H and O–H groups in total. The molecular weight excluding hydrogens is 476 g/mol. The number of hydrogen-bond acceptors (Lipinski definition) is 6. The van der Waals surface area contributed by atoms with E-state index in [4.69, 9.17) is 4.98 Å². The predicted molar refractivity (Wildman–Crippen MR) is 141 cm³/mol. The molecule has 0 atom stereocenters. The first-order valence-electron chi connectivity index (χ1n) is 12.8. The molecule has 0 spiro atoms. The van der Waals surface area contributed by atoms with Crippen LogP contribution in [0.4, 0.5) is 15.6 Å². The molecular formula is C26H34N6O3S. The minimum absolute atomic E-state index is 0.0151. The second kappa shape index (κ2) is 10.5. The number of rotatable bonds is 4. The standard InChI is InChI=1S/C26H34N6O3S/c1-17-23(24(34)30-12-8-20(9-13-30)28-18(2)33)36-26(27-17)31-14-10-21(11-15-31)32-16-7-19-5-3-4-6-22(19)29-25(32)35/h3-6,20-21H,7-16H2,1-2H3,(H,28,33)(H,29,35). The Balaban J connectivity index is 1.17. The van der Waals surface area contributed by atoms with E-state index in [1.165, 1.54) is 23.8 Å². The Morgan fingerprint density at radius 2 is 1.78 bits per heavy atom. The Morgan fingerprint density at radius 1 is 1.06 bits per heavy atom. The highest BCUT2D eigenvalue weighted by Crippen LogP contribution is 2.31. The average molecular weight is 511 g/mol. The summed E-state index contributed by atoms with van der Waals surface area (Å²) in [6, 6.07) is 8.34. The van der Waals surface area contributed by atoms with Crippen molar-refractivity contribution in [3.8, 4) is 0 Å². The summed E-state index contributed by atoms with van der Waals surface area (Å²) < 4.78 is 0. The van der Waals surface area contributed by atoms with Crippen LogP contribution >= 0.6 is 11.3 Å². The van der Waals surface area contributed by atoms with Crippen molar-refractivity contribution in [3.05, 3.63) is 40.4 Å². The van der Waals surface area contributed by atoms with Crippen LogP contribution in [-0.4, -0.2) is 77.4 Å². The monoisotopic (exact) mass is 510 g/mol. The number of amides is 4. The van der Waals surface area contributed by atoms with Crippen LogP contribution in [0.1, 0.15) is 53.5 Å². The zero-order valence-corrected chi connectivity index (χ0v) is 21.8. The normalized spacial score (nSPS) is 19.5. The molecule has 36 heavy (non-hydrogen) atoms. The summed E-state index contributed by atoms with van der Waals surface area (Å²) in [6.45, 7) is 7.07. The van der Waals surface area contributed by atoms with E-state index >= 15 is 0 Å². The second-order valence-corrected chi connectivity index (χ2v) is 10.9. The van der Waals surface area contributed by atoms with Crippen molar-refractivity contribution in [2.45, 2.75) is 58.0 Å². The van der Waals surface area contributed by atoms with Crippen LogP contribution in [0.5, 0.6) is 0 Å². The molecule has 192 valence electrons. The molecule has 2 saturated heterocycles. The number of piperidine rings is 2. The maximum absolute atomic E-state index is 13.2. The van der Waals surface area contributed by atoms with Crippen molar-refractivity contribution in [2.24, 2.45) is 0 Å². The number of para-hydroxylation sites is 1. The highest BCUT2D eigenvalue weighted by molar-refractivity contribution is 7.17. The summed E-state index contributed by atoms with van der Waals surface area (Å²) in [4.78, 5) is 49.0. The molecule has 2 aromatic rings. The first kappa shape index (κ1) is 24.5. The van der Waals surface area contributed by atoms with Gasteiger partial charge < -0.3 is 25.3 Å². The zero-order chi connectivity index (χ0) is 25.2. The van der Waals surface area contributed by atoms with Crippen molar-refractivity contribution in [3.63, 3.8) is 0 Å². The van der Waals surface area contributed by atoms with Gasteiger partial charge in [-0.05, 0) is 50.7 Å². The minimum Gasteiger partial charge on any atom is -0.353 e. The number of fused-ring (bicyclic) bond motifs is 1. The second-order valence-electron chi connectivity index (χ2n) is 9.93. The highest BCUT2D eigenvalue weighted by atomic mass is 32.1. The van der Waals surface area contributed by atoms with Gasteiger partial charge in [-0.2, -0.15) is 0 Å². The number of aromatic nitrogens is 1. The van der Waals surface area contributed by atoms with Gasteiger partial charge in [0.2, 0.25) is 5.91 Å². The van der Waals surface area contributed by atoms with Crippen molar-refractivity contribution >= 4 is 40.0 Å². The number of thiazole rings is 1. The lowest BCUT2D eigenvalue weighted by atomic mass is 10.0. The van der Waals surface area contributed by atoms with Gasteiger partial charge in [0, 0.05) is 57.4 Å². The molecule has 10 heteroatoms. The summed E-state index contributed by atoms with van der Waals surface area (Å²) in [5.41, 5.74) is 2.87. The van der Waals surface area contributed by atoms with Crippen LogP contribution in [0.3, 0.4) is 0 Å². The summed E-state index contributed by atoms with van der Waals surface area (Å²) in [5, 5.41) is 6.92. The number of carbonyl (C=O) groups excluding carboxylic acids is 3. The lowest BCUT2D eigenvalue weighted by Gasteiger charge is -2.37. The Hall–Kier alpha value is -3.14. The van der Waals surface area contributed by atoms with E-state index in [-0.39, 0.29) is 29.9 Å². The number of nitrogens with zero attached hydrogens (tertiary/aromatic N) is 4. The fourth-order valence-electron chi connectivity index (χ4n) is 5.48. The molecule has 0 bridgehead atoms. The van der Waals surface area contributed by atoms with Crippen molar-refractivity contribution < 1.29 is 14.4 Å². The van der Waals surface area contributed by atoms with Crippen molar-refractivity contribution in [2.75, 3.05) is 42.9 Å². The van der Waals surface area contributed by atoms with Crippen LogP contribution in [0.15, 0.2) is 24.3 Å². The summed E-state index contributed by atoms with van der Waals surface area (Å²) in [5.74, 6) is 0.0151. The fraction of sp³-hybridized carbons (Fsp3) is 0.538. The molecule has 3 aliphatic rings. The highest BCUT2D eigenvalue weighted by Gasteiger charge is 2.32. The molecule has 4 amide bonds. The van der Waals surface area contributed by atoms with Crippen LogP contribution < -0.4 is 15.5 Å². The number of nitrogens with one attached hydrogen (secondary N) is 2. The van der Waals surface area contributed by atoms with E-state index in [9.17, 15) is 14.4 Å². The number of aryl methyl sites for hydroxylation is 1. The van der Waals surface area contributed by atoms with Gasteiger partial charge in [0.1, 0.15) is 4.88 Å². The van der Waals surface area contributed by atoms with E-state index in [1.54, 1.807) is 0 Å². The third-order valence-corrected chi connectivity index (χ3v) is 8.69. The molecule has 5 rings (SSSR count). The molecule has 0 aliphatic carbocycles. The first-order chi connectivity index (χ1) is 17.4. The van der Waals surface area contributed by atoms with E-state index in [2.05, 4.69) is 21.6 Å². The summed E-state index contributed by atoms with van der Waals surface area (Å²) in [6.07, 6.45) is 4.16. The van der Waals surface area contributed by atoms with Gasteiger partial charge >= 0.3 is 6.03 Å². The maximum atomic E-state index is 13.2. The minimum atomic E-state index is -0.0203. The Labute approximate surface area is 215 Å². The predicted octanol–water partition coefficient (Wildman–Crippen LogP) is 3.25. The van der Waals surface area contributed by atoms with E-state index in [0.717, 1.165) is 68.3 Å². The fourth-order valence-corrected chi connectivity index (χ4v) is 6.57. The average Bonchev–Trinajstić information content (AvgIpc) is 3.17. The molecule has 3 aliphatic heterocycles. The summed E-state index contributed by atoms with van der Waals surface area (Å²) >= 11 is 1.47. The van der Waals surface area contributed by atoms with E-state index in [1.807, 2.05) is 34.9 Å². The van der Waals surface area contributed by atoms with Crippen LogP contribution in [0.2, 0.25) is 0 Å². The van der Waals surface area contributed by atoms with Gasteiger partial charge in [-0.1, -0.05) is 29.5 Å². The molecule has 1 aromatic heterocycles. The lowest BCUT2D eigenvalue weighted by molar-refractivity contribution is -0.119. The maximum Gasteiger partial charge on any atom is 0.322 e. The van der Waals surface area contributed by atoms with Crippen LogP contribution in [-0.2, 0) is 11.2 Å². The van der Waals surface area contributed by atoms with Crippen LogP contribution in [0.25, 0.3) is 0 Å². The molecule has 0 saturated carbocycles. The Kier molecular flexibility index (Phi) is 7.13. The number of likely N-dealkylation sites (tertiary alicyclic amines) is 1. The molecule has 4 heterocycles. The lowest BCUT2D eigenvalue weighted by Crippen LogP contribution is -2.48. The van der Waals surface area contributed by atoms with Gasteiger partial charge in [-0.25, -0.2) is 9.78 Å². The van der Waals surface area contributed by atoms with Gasteiger partial charge in [-0.3, -0.25) is 9.59 Å². The van der Waals surface area contributed by atoms with Gasteiger partial charge in [0.05, 0.1) is 5.69 Å². The Morgan fingerprint density at radius 3 is 2.50 bits per heavy atom. The quantitative estimate of drug-likeness (QED) is 0.658. The Bertz CT molecular complexity index is 1130. The largest absolute Gasteiger partial charge is 0.353 e. The van der Waals surface area contributed by atoms with E-state index < -0.39 is 0 Å².